The molecule has 15 heavy (non-hydrogen) atoms. The number of nitriles is 1. The van der Waals surface area contributed by atoms with E-state index in [9.17, 15) is 23.7 Å². The SMILES string of the molecule is N#Cc1[nH]c(=O)cc(C(F)F)c1[N+](=O)[O-]. The number of pyridine rings is 1. The third-order valence-corrected chi connectivity index (χ3v) is 1.57. The molecule has 0 unspecified atom stereocenters. The van der Waals surface area contributed by atoms with Crippen LogP contribution in [0, 0.1) is 21.4 Å². The summed E-state index contributed by atoms with van der Waals surface area (Å²) in [6.45, 7) is 0. The van der Waals surface area contributed by atoms with Gasteiger partial charge < -0.3 is 4.98 Å². The summed E-state index contributed by atoms with van der Waals surface area (Å²) in [6.07, 6.45) is -3.18. The molecule has 0 aromatic carbocycles. The molecule has 1 N–H and O–H groups in total. The molecule has 0 saturated carbocycles. The molecule has 1 aromatic heterocycles. The fraction of sp³-hybridized carbons (Fsp3) is 0.143. The van der Waals surface area contributed by atoms with Crippen LogP contribution in [-0.4, -0.2) is 9.91 Å². The van der Waals surface area contributed by atoms with Gasteiger partial charge in [-0.25, -0.2) is 8.78 Å². The quantitative estimate of drug-likeness (QED) is 0.589. The molecule has 0 saturated heterocycles. The lowest BCUT2D eigenvalue weighted by molar-refractivity contribution is -0.386. The van der Waals surface area contributed by atoms with Crippen LogP contribution in [-0.2, 0) is 0 Å². The Hall–Kier alpha value is -2.30. The molecular weight excluding hydrogens is 212 g/mol. The zero-order chi connectivity index (χ0) is 11.6. The van der Waals surface area contributed by atoms with Gasteiger partial charge in [-0.3, -0.25) is 14.9 Å². The van der Waals surface area contributed by atoms with Gasteiger partial charge in [0.05, 0.1) is 4.92 Å². The van der Waals surface area contributed by atoms with Crippen LogP contribution in [0.5, 0.6) is 0 Å². The Kier molecular flexibility index (Phi) is 2.75. The smallest absolute Gasteiger partial charge is 0.308 e. The lowest BCUT2D eigenvalue weighted by atomic mass is 10.2. The number of halogens is 2. The topological polar surface area (TPSA) is 99.8 Å². The molecule has 0 amide bonds. The molecule has 0 spiro atoms. The Morgan fingerprint density at radius 3 is 2.60 bits per heavy atom. The van der Waals surface area contributed by atoms with Gasteiger partial charge in [-0.1, -0.05) is 0 Å². The number of hydrogen-bond donors (Lipinski definition) is 1. The molecule has 1 heterocycles. The largest absolute Gasteiger partial charge is 0.312 e. The highest BCUT2D eigenvalue weighted by atomic mass is 19.3. The maximum Gasteiger partial charge on any atom is 0.312 e. The van der Waals surface area contributed by atoms with Gasteiger partial charge in [-0.2, -0.15) is 5.26 Å². The van der Waals surface area contributed by atoms with Crippen LogP contribution in [0.4, 0.5) is 14.5 Å². The van der Waals surface area contributed by atoms with Crippen molar-refractivity contribution in [3.63, 3.8) is 0 Å². The van der Waals surface area contributed by atoms with Crippen molar-refractivity contribution in [1.82, 2.24) is 4.98 Å². The number of nitrogens with zero attached hydrogens (tertiary/aromatic N) is 2. The second-order valence-electron chi connectivity index (χ2n) is 2.48. The van der Waals surface area contributed by atoms with E-state index in [-0.39, 0.29) is 0 Å². The Morgan fingerprint density at radius 1 is 1.60 bits per heavy atom. The Labute approximate surface area is 80.9 Å². The molecule has 0 radical (unpaired) electrons. The summed E-state index contributed by atoms with van der Waals surface area (Å²) >= 11 is 0. The van der Waals surface area contributed by atoms with Crippen LogP contribution in [0.15, 0.2) is 10.9 Å². The molecule has 0 bridgehead atoms. The minimum absolute atomic E-state index is 0.406. The van der Waals surface area contributed by atoms with E-state index in [1.807, 2.05) is 4.98 Å². The summed E-state index contributed by atoms with van der Waals surface area (Å²) in [7, 11) is 0. The van der Waals surface area contributed by atoms with E-state index < -0.39 is 33.9 Å². The van der Waals surface area contributed by atoms with Crippen molar-refractivity contribution in [3.8, 4) is 6.07 Å². The van der Waals surface area contributed by atoms with Crippen molar-refractivity contribution in [2.24, 2.45) is 0 Å². The van der Waals surface area contributed by atoms with Gasteiger partial charge in [0.15, 0.2) is 5.69 Å². The Bertz CT molecular complexity index is 503. The van der Waals surface area contributed by atoms with Gasteiger partial charge in [0.2, 0.25) is 5.56 Å². The minimum Gasteiger partial charge on any atom is -0.308 e. The average Bonchev–Trinajstić information content (AvgIpc) is 2.15. The van der Waals surface area contributed by atoms with Crippen LogP contribution in [0.1, 0.15) is 17.7 Å². The number of aromatic nitrogens is 1. The monoisotopic (exact) mass is 215 g/mol. The van der Waals surface area contributed by atoms with Crippen molar-refractivity contribution >= 4 is 5.69 Å². The van der Waals surface area contributed by atoms with Crippen LogP contribution >= 0.6 is 0 Å². The van der Waals surface area contributed by atoms with E-state index >= 15 is 0 Å². The summed E-state index contributed by atoms with van der Waals surface area (Å²) in [6, 6.07) is 1.69. The average molecular weight is 215 g/mol. The molecule has 0 aliphatic rings. The van der Waals surface area contributed by atoms with Crippen LogP contribution in [0.2, 0.25) is 0 Å². The predicted octanol–water partition coefficient (Wildman–Crippen LogP) is 1.09. The summed E-state index contributed by atoms with van der Waals surface area (Å²) in [5.74, 6) is 0. The second-order valence-corrected chi connectivity index (χ2v) is 2.48. The van der Waals surface area contributed by atoms with Gasteiger partial charge in [-0.05, 0) is 0 Å². The van der Waals surface area contributed by atoms with E-state index in [0.717, 1.165) is 0 Å². The van der Waals surface area contributed by atoms with E-state index in [1.165, 1.54) is 6.07 Å². The van der Waals surface area contributed by atoms with Crippen LogP contribution in [0.3, 0.4) is 0 Å². The van der Waals surface area contributed by atoms with Crippen LogP contribution in [0.25, 0.3) is 0 Å². The van der Waals surface area contributed by atoms with E-state index in [2.05, 4.69) is 0 Å². The number of aromatic amines is 1. The highest BCUT2D eigenvalue weighted by molar-refractivity contribution is 5.50. The van der Waals surface area contributed by atoms with E-state index in [4.69, 9.17) is 5.26 Å². The molecule has 0 aliphatic carbocycles. The normalized spacial score (nSPS) is 10.0. The highest BCUT2D eigenvalue weighted by Crippen LogP contribution is 2.28. The molecule has 6 nitrogen and oxygen atoms in total. The van der Waals surface area contributed by atoms with Crippen molar-refractivity contribution < 1.29 is 13.7 Å². The van der Waals surface area contributed by atoms with Crippen molar-refractivity contribution in [2.45, 2.75) is 6.43 Å². The van der Waals surface area contributed by atoms with Gasteiger partial charge in [0.25, 0.3) is 6.43 Å². The Morgan fingerprint density at radius 2 is 2.20 bits per heavy atom. The van der Waals surface area contributed by atoms with Crippen molar-refractivity contribution in [3.05, 3.63) is 37.8 Å². The lowest BCUT2D eigenvalue weighted by Crippen LogP contribution is -2.12. The van der Waals surface area contributed by atoms with Crippen molar-refractivity contribution in [2.75, 3.05) is 0 Å². The maximum atomic E-state index is 12.3. The third kappa shape index (κ3) is 1.96. The second kappa shape index (κ2) is 3.83. The molecular formula is C7H3F2N3O3. The third-order valence-electron chi connectivity index (χ3n) is 1.57. The molecule has 0 fully saturated rings. The van der Waals surface area contributed by atoms with Gasteiger partial charge >= 0.3 is 5.69 Å². The number of alkyl halides is 2. The minimum atomic E-state index is -3.18. The first-order chi connectivity index (χ1) is 6.97. The van der Waals surface area contributed by atoms with Gasteiger partial charge in [-0.15, -0.1) is 0 Å². The maximum absolute atomic E-state index is 12.3. The summed E-state index contributed by atoms with van der Waals surface area (Å²) in [5, 5.41) is 18.8. The predicted molar refractivity (Wildman–Crippen MR) is 43.4 cm³/mol. The molecule has 8 heteroatoms. The summed E-state index contributed by atoms with van der Waals surface area (Å²) in [5.41, 5.74) is -3.87. The Balaban J connectivity index is 3.64. The lowest BCUT2D eigenvalue weighted by Gasteiger charge is -2.01. The zero-order valence-electron chi connectivity index (χ0n) is 7.03. The fourth-order valence-electron chi connectivity index (χ4n) is 1.02. The molecule has 0 aliphatic heterocycles. The number of nitrogens with one attached hydrogen (secondary N) is 1. The zero-order valence-corrected chi connectivity index (χ0v) is 7.03. The van der Waals surface area contributed by atoms with E-state index in [1.54, 1.807) is 0 Å². The number of rotatable bonds is 2. The molecule has 78 valence electrons. The first kappa shape index (κ1) is 10.8. The number of nitro groups is 1. The van der Waals surface area contributed by atoms with E-state index in [0.29, 0.717) is 6.07 Å². The number of H-pyrrole nitrogens is 1. The molecule has 0 atom stereocenters. The van der Waals surface area contributed by atoms with Gasteiger partial charge in [0, 0.05) is 6.07 Å². The van der Waals surface area contributed by atoms with Crippen molar-refractivity contribution in [1.29, 1.82) is 5.26 Å². The highest BCUT2D eigenvalue weighted by Gasteiger charge is 2.27. The summed E-state index contributed by atoms with van der Waals surface area (Å²) in [4.78, 5) is 21.9. The first-order valence-electron chi connectivity index (χ1n) is 3.57. The fourth-order valence-corrected chi connectivity index (χ4v) is 1.02. The molecule has 1 rings (SSSR count). The standard InChI is InChI=1S/C7H3F2N3O3/c8-7(9)3-1-5(13)11-4(2-10)6(3)12(14)15/h1,7H,(H,11,13). The number of hydrogen-bond acceptors (Lipinski definition) is 4. The van der Waals surface area contributed by atoms with Crippen LogP contribution < -0.4 is 5.56 Å². The molecule has 1 aromatic rings. The summed E-state index contributed by atoms with van der Waals surface area (Å²) < 4.78 is 24.6. The first-order valence-corrected chi connectivity index (χ1v) is 3.57. The van der Waals surface area contributed by atoms with Gasteiger partial charge in [0.1, 0.15) is 11.6 Å².